The normalized spacial score (nSPS) is 22.4. The predicted molar refractivity (Wildman–Crippen MR) is 99.1 cm³/mol. The maximum absolute atomic E-state index is 12.3. The number of hydrogen-bond acceptors (Lipinski definition) is 6. The molecule has 1 amide bonds. The summed E-state index contributed by atoms with van der Waals surface area (Å²) in [4.78, 5) is 12.3. The molecule has 2 aliphatic rings. The SMILES string of the molecule is Cc1c(C(=O)NCC2CSCCS2)nnn1C1CCNCC1.Cl. The highest BCUT2D eigenvalue weighted by Crippen LogP contribution is 2.23. The minimum Gasteiger partial charge on any atom is -0.349 e. The Balaban J connectivity index is 0.00000192. The number of nitrogens with one attached hydrogen (secondary N) is 2. The van der Waals surface area contributed by atoms with E-state index >= 15 is 0 Å². The highest BCUT2D eigenvalue weighted by molar-refractivity contribution is 8.06. The lowest BCUT2D eigenvalue weighted by Crippen LogP contribution is -2.34. The molecule has 130 valence electrons. The number of piperidine rings is 1. The van der Waals surface area contributed by atoms with Gasteiger partial charge in [-0.1, -0.05) is 5.21 Å². The first kappa shape index (κ1) is 18.9. The van der Waals surface area contributed by atoms with Crippen molar-refractivity contribution in [3.8, 4) is 0 Å². The molecule has 2 aliphatic heterocycles. The molecule has 1 aromatic rings. The van der Waals surface area contributed by atoms with Gasteiger partial charge in [-0.15, -0.1) is 17.5 Å². The van der Waals surface area contributed by atoms with Gasteiger partial charge in [0.05, 0.1) is 11.7 Å². The molecular weight excluding hydrogens is 354 g/mol. The van der Waals surface area contributed by atoms with Crippen molar-refractivity contribution in [2.45, 2.75) is 31.1 Å². The monoisotopic (exact) mass is 377 g/mol. The molecule has 2 fully saturated rings. The van der Waals surface area contributed by atoms with Gasteiger partial charge in [-0.25, -0.2) is 4.68 Å². The van der Waals surface area contributed by atoms with Gasteiger partial charge in [0.25, 0.3) is 5.91 Å². The molecule has 1 atom stereocenters. The summed E-state index contributed by atoms with van der Waals surface area (Å²) in [5.74, 6) is 3.43. The molecule has 0 aliphatic carbocycles. The third-order valence-electron chi connectivity index (χ3n) is 4.17. The van der Waals surface area contributed by atoms with E-state index in [1.807, 2.05) is 35.1 Å². The Kier molecular flexibility index (Phi) is 7.52. The lowest BCUT2D eigenvalue weighted by Gasteiger charge is -2.23. The third-order valence-corrected chi connectivity index (χ3v) is 7.02. The summed E-state index contributed by atoms with van der Waals surface area (Å²) in [6.07, 6.45) is 2.09. The second kappa shape index (κ2) is 9.15. The molecule has 3 rings (SSSR count). The quantitative estimate of drug-likeness (QED) is 0.828. The van der Waals surface area contributed by atoms with Crippen LogP contribution >= 0.6 is 35.9 Å². The number of hydrogen-bond donors (Lipinski definition) is 2. The fourth-order valence-corrected chi connectivity index (χ4v) is 5.51. The van der Waals surface area contributed by atoms with E-state index in [1.165, 1.54) is 11.5 Å². The Morgan fingerprint density at radius 3 is 2.87 bits per heavy atom. The molecule has 0 radical (unpaired) electrons. The van der Waals surface area contributed by atoms with Crippen LogP contribution in [0, 0.1) is 6.92 Å². The van der Waals surface area contributed by atoms with Crippen molar-refractivity contribution >= 4 is 41.8 Å². The molecule has 2 N–H and O–H groups in total. The third kappa shape index (κ3) is 4.78. The van der Waals surface area contributed by atoms with Gasteiger partial charge in [-0.05, 0) is 32.9 Å². The minimum absolute atomic E-state index is 0. The number of halogens is 1. The molecule has 0 spiro atoms. The van der Waals surface area contributed by atoms with Gasteiger partial charge in [0.15, 0.2) is 5.69 Å². The highest BCUT2D eigenvalue weighted by atomic mass is 35.5. The molecule has 0 bridgehead atoms. The smallest absolute Gasteiger partial charge is 0.273 e. The summed E-state index contributed by atoms with van der Waals surface area (Å²) >= 11 is 3.92. The molecule has 9 heteroatoms. The highest BCUT2D eigenvalue weighted by Gasteiger charge is 2.23. The van der Waals surface area contributed by atoms with Crippen LogP contribution < -0.4 is 10.6 Å². The summed E-state index contributed by atoms with van der Waals surface area (Å²) in [6, 6.07) is 0.362. The van der Waals surface area contributed by atoms with E-state index in [4.69, 9.17) is 0 Å². The van der Waals surface area contributed by atoms with Gasteiger partial charge >= 0.3 is 0 Å². The molecule has 0 aromatic carbocycles. The van der Waals surface area contributed by atoms with Gasteiger partial charge < -0.3 is 10.6 Å². The summed E-state index contributed by atoms with van der Waals surface area (Å²) < 4.78 is 1.93. The number of amides is 1. The molecule has 0 saturated carbocycles. The van der Waals surface area contributed by atoms with Crippen LogP contribution in [0.1, 0.15) is 35.1 Å². The lowest BCUT2D eigenvalue weighted by molar-refractivity contribution is 0.0948. The summed E-state index contributed by atoms with van der Waals surface area (Å²) in [7, 11) is 0. The van der Waals surface area contributed by atoms with E-state index in [1.54, 1.807) is 0 Å². The molecule has 2 saturated heterocycles. The van der Waals surface area contributed by atoms with Crippen molar-refractivity contribution in [2.75, 3.05) is 36.9 Å². The van der Waals surface area contributed by atoms with Gasteiger partial charge in [-0.3, -0.25) is 4.79 Å². The molecular formula is C14H24ClN5OS2. The Morgan fingerprint density at radius 1 is 1.39 bits per heavy atom. The number of rotatable bonds is 4. The first-order chi connectivity index (χ1) is 10.8. The van der Waals surface area contributed by atoms with E-state index in [2.05, 4.69) is 20.9 Å². The van der Waals surface area contributed by atoms with Crippen molar-refractivity contribution in [3.63, 3.8) is 0 Å². The van der Waals surface area contributed by atoms with Crippen LogP contribution in [-0.2, 0) is 0 Å². The van der Waals surface area contributed by atoms with Crippen molar-refractivity contribution in [3.05, 3.63) is 11.4 Å². The van der Waals surface area contributed by atoms with E-state index < -0.39 is 0 Å². The van der Waals surface area contributed by atoms with Crippen molar-refractivity contribution < 1.29 is 4.79 Å². The van der Waals surface area contributed by atoms with Crippen LogP contribution in [0.2, 0.25) is 0 Å². The Labute approximate surface area is 151 Å². The zero-order valence-electron chi connectivity index (χ0n) is 13.3. The Morgan fingerprint density at radius 2 is 2.17 bits per heavy atom. The van der Waals surface area contributed by atoms with Gasteiger partial charge in [0.2, 0.25) is 0 Å². The number of aromatic nitrogens is 3. The Hall–Kier alpha value is -0.440. The standard InChI is InChI=1S/C14H23N5OS2.ClH/c1-10-13(14(20)16-8-12-9-21-6-7-22-12)17-18-19(10)11-2-4-15-5-3-11;/h11-12,15H,2-9H2,1H3,(H,16,20);1H. The number of thioether (sulfide) groups is 2. The van der Waals surface area contributed by atoms with Crippen molar-refractivity contribution in [1.82, 2.24) is 25.6 Å². The maximum Gasteiger partial charge on any atom is 0.273 e. The summed E-state index contributed by atoms with van der Waals surface area (Å²) in [5, 5.41) is 15.2. The zero-order chi connectivity index (χ0) is 15.4. The van der Waals surface area contributed by atoms with Crippen LogP contribution in [0.3, 0.4) is 0 Å². The second-order valence-electron chi connectivity index (χ2n) is 5.73. The molecule has 1 unspecified atom stereocenters. The second-order valence-corrected chi connectivity index (χ2v) is 8.29. The largest absolute Gasteiger partial charge is 0.349 e. The fourth-order valence-electron chi connectivity index (χ4n) is 2.89. The van der Waals surface area contributed by atoms with Gasteiger partial charge in [0, 0.05) is 29.1 Å². The maximum atomic E-state index is 12.3. The number of carbonyl (C=O) groups excluding carboxylic acids is 1. The lowest BCUT2D eigenvalue weighted by atomic mass is 10.1. The van der Waals surface area contributed by atoms with E-state index in [9.17, 15) is 4.79 Å². The van der Waals surface area contributed by atoms with Crippen LogP contribution in [0.15, 0.2) is 0 Å². The molecule has 23 heavy (non-hydrogen) atoms. The van der Waals surface area contributed by atoms with E-state index in [-0.39, 0.29) is 18.3 Å². The molecule has 3 heterocycles. The predicted octanol–water partition coefficient (Wildman–Crippen LogP) is 1.51. The zero-order valence-corrected chi connectivity index (χ0v) is 15.7. The van der Waals surface area contributed by atoms with Gasteiger partial charge in [-0.2, -0.15) is 23.5 Å². The Bertz CT molecular complexity index is 515. The first-order valence-electron chi connectivity index (χ1n) is 7.85. The topological polar surface area (TPSA) is 71.8 Å². The van der Waals surface area contributed by atoms with Crippen molar-refractivity contribution in [1.29, 1.82) is 0 Å². The van der Waals surface area contributed by atoms with Crippen LogP contribution in [0.5, 0.6) is 0 Å². The van der Waals surface area contributed by atoms with Crippen LogP contribution in [0.25, 0.3) is 0 Å². The van der Waals surface area contributed by atoms with E-state index in [0.29, 0.717) is 17.0 Å². The average Bonchev–Trinajstić information content (AvgIpc) is 2.96. The average molecular weight is 378 g/mol. The van der Waals surface area contributed by atoms with Crippen molar-refractivity contribution in [2.24, 2.45) is 0 Å². The number of carbonyl (C=O) groups is 1. The summed E-state index contributed by atoms with van der Waals surface area (Å²) in [6.45, 7) is 4.67. The summed E-state index contributed by atoms with van der Waals surface area (Å²) in [5.41, 5.74) is 1.36. The molecule has 6 nitrogen and oxygen atoms in total. The van der Waals surface area contributed by atoms with E-state index in [0.717, 1.165) is 43.9 Å². The minimum atomic E-state index is -0.0890. The first-order valence-corrected chi connectivity index (χ1v) is 10.1. The fraction of sp³-hybridized carbons (Fsp3) is 0.786. The van der Waals surface area contributed by atoms with Crippen LogP contribution in [-0.4, -0.2) is 63.0 Å². The number of nitrogens with zero attached hydrogens (tertiary/aromatic N) is 3. The van der Waals surface area contributed by atoms with Crippen LogP contribution in [0.4, 0.5) is 0 Å². The van der Waals surface area contributed by atoms with Gasteiger partial charge in [0.1, 0.15) is 0 Å². The molecule has 1 aromatic heterocycles.